The van der Waals surface area contributed by atoms with Crippen LogP contribution < -0.4 is 5.56 Å². The predicted octanol–water partition coefficient (Wildman–Crippen LogP) is 1.13. The van der Waals surface area contributed by atoms with Crippen molar-refractivity contribution in [2.45, 2.75) is 19.9 Å². The molecule has 0 aliphatic heterocycles. The molecule has 0 atom stereocenters. The topological polar surface area (TPSA) is 52.7 Å². The smallest absolute Gasteiger partial charge is 0.266 e. The first-order chi connectivity index (χ1) is 8.08. The summed E-state index contributed by atoms with van der Waals surface area (Å²) in [6.45, 7) is 2.49. The lowest BCUT2D eigenvalue weighted by molar-refractivity contribution is 0.625. The molecule has 0 N–H and O–H groups in total. The van der Waals surface area contributed by atoms with E-state index in [1.54, 1.807) is 15.4 Å². The first-order valence-electron chi connectivity index (χ1n) is 5.27. The summed E-state index contributed by atoms with van der Waals surface area (Å²) in [6, 6.07) is 0. The lowest BCUT2D eigenvalue weighted by Gasteiger charge is -2.08. The number of nitrogens with zero attached hydrogens (tertiary/aromatic N) is 4. The third-order valence-corrected chi connectivity index (χ3v) is 3.33. The van der Waals surface area contributed by atoms with Crippen molar-refractivity contribution in [1.29, 1.82) is 0 Å². The van der Waals surface area contributed by atoms with Crippen LogP contribution in [0.3, 0.4) is 0 Å². The van der Waals surface area contributed by atoms with Crippen LogP contribution in [0.4, 0.5) is 0 Å². The molecule has 0 bridgehead atoms. The Hall–Kier alpha value is -1.18. The van der Waals surface area contributed by atoms with Crippen LogP contribution in [0.2, 0.25) is 0 Å². The number of aromatic nitrogens is 4. The Bertz CT molecular complexity index is 587. The molecule has 2 aromatic rings. The number of hydrogen-bond donors (Lipinski definition) is 0. The van der Waals surface area contributed by atoms with Crippen molar-refractivity contribution < 1.29 is 0 Å². The molecule has 0 aromatic carbocycles. The first kappa shape index (κ1) is 12.3. The van der Waals surface area contributed by atoms with Crippen LogP contribution in [0, 0.1) is 10.5 Å². The van der Waals surface area contributed by atoms with E-state index in [-0.39, 0.29) is 5.56 Å². The van der Waals surface area contributed by atoms with Crippen molar-refractivity contribution in [3.63, 3.8) is 0 Å². The van der Waals surface area contributed by atoms with E-state index in [1.165, 1.54) is 0 Å². The average Bonchev–Trinajstić information content (AvgIpc) is 2.70. The number of halogens is 1. The lowest BCUT2D eigenvalue weighted by atomic mass is 10.2. The molecule has 5 nitrogen and oxygen atoms in total. The van der Waals surface area contributed by atoms with E-state index in [2.05, 4.69) is 10.1 Å². The monoisotopic (exact) mass is 344 g/mol. The van der Waals surface area contributed by atoms with E-state index in [4.69, 9.17) is 0 Å². The summed E-state index contributed by atoms with van der Waals surface area (Å²) in [5, 5.41) is 4.10. The van der Waals surface area contributed by atoms with Crippen LogP contribution in [0.1, 0.15) is 11.4 Å². The zero-order chi connectivity index (χ0) is 12.4. The van der Waals surface area contributed by atoms with E-state index < -0.39 is 0 Å². The van der Waals surface area contributed by atoms with Gasteiger partial charge in [0.25, 0.3) is 5.56 Å². The van der Waals surface area contributed by atoms with Crippen LogP contribution in [-0.2, 0) is 20.0 Å². The zero-order valence-electron chi connectivity index (χ0n) is 9.72. The Morgan fingerprint density at radius 3 is 2.82 bits per heavy atom. The Morgan fingerprint density at radius 2 is 2.18 bits per heavy atom. The van der Waals surface area contributed by atoms with Gasteiger partial charge in [0.2, 0.25) is 0 Å². The quantitative estimate of drug-likeness (QED) is 0.785. The fourth-order valence-corrected chi connectivity index (χ4v) is 2.09. The summed E-state index contributed by atoms with van der Waals surface area (Å²) in [5.74, 6) is 0.749. The minimum absolute atomic E-state index is 0.0296. The molecular formula is C11H13IN4O. The van der Waals surface area contributed by atoms with E-state index in [0.717, 1.165) is 17.8 Å². The van der Waals surface area contributed by atoms with Crippen molar-refractivity contribution in [1.82, 2.24) is 19.3 Å². The Balaban J connectivity index is 2.19. The zero-order valence-corrected chi connectivity index (χ0v) is 11.9. The van der Waals surface area contributed by atoms with Crippen LogP contribution in [0.15, 0.2) is 23.4 Å². The van der Waals surface area contributed by atoms with Crippen molar-refractivity contribution >= 4 is 22.6 Å². The van der Waals surface area contributed by atoms with Gasteiger partial charge in [-0.1, -0.05) is 0 Å². The van der Waals surface area contributed by atoms with Gasteiger partial charge < -0.3 is 0 Å². The van der Waals surface area contributed by atoms with Crippen LogP contribution >= 0.6 is 22.6 Å². The SMILES string of the molecule is Cc1ncc(I)c(=O)n1CCc1cnn(C)c1. The summed E-state index contributed by atoms with van der Waals surface area (Å²) < 4.78 is 4.12. The van der Waals surface area contributed by atoms with Gasteiger partial charge in [-0.3, -0.25) is 14.0 Å². The van der Waals surface area contributed by atoms with Crippen molar-refractivity contribution in [2.24, 2.45) is 7.05 Å². The highest BCUT2D eigenvalue weighted by molar-refractivity contribution is 14.1. The molecule has 0 unspecified atom stereocenters. The second kappa shape index (κ2) is 4.99. The maximum Gasteiger partial charge on any atom is 0.266 e. The highest BCUT2D eigenvalue weighted by Gasteiger charge is 2.05. The molecule has 2 rings (SSSR count). The Morgan fingerprint density at radius 1 is 1.41 bits per heavy atom. The van der Waals surface area contributed by atoms with Gasteiger partial charge in [-0.05, 0) is 41.5 Å². The Kier molecular flexibility index (Phi) is 3.60. The van der Waals surface area contributed by atoms with E-state index in [0.29, 0.717) is 10.1 Å². The fourth-order valence-electron chi connectivity index (χ4n) is 1.66. The Labute approximate surface area is 113 Å². The van der Waals surface area contributed by atoms with E-state index >= 15 is 0 Å². The maximum atomic E-state index is 11.9. The molecule has 0 radical (unpaired) electrons. The highest BCUT2D eigenvalue weighted by Crippen LogP contribution is 2.02. The van der Waals surface area contributed by atoms with Gasteiger partial charge in [0.05, 0.1) is 9.77 Å². The molecule has 2 heterocycles. The van der Waals surface area contributed by atoms with Gasteiger partial charge in [-0.25, -0.2) is 4.98 Å². The summed E-state index contributed by atoms with van der Waals surface area (Å²) in [4.78, 5) is 16.1. The van der Waals surface area contributed by atoms with Crippen LogP contribution in [-0.4, -0.2) is 19.3 Å². The first-order valence-corrected chi connectivity index (χ1v) is 6.35. The van der Waals surface area contributed by atoms with Gasteiger partial charge in [0, 0.05) is 26.0 Å². The minimum atomic E-state index is 0.0296. The molecule has 0 spiro atoms. The standard InChI is InChI=1S/C11H13IN4O/c1-8-13-6-10(12)11(17)16(8)4-3-9-5-14-15(2)7-9/h5-7H,3-4H2,1-2H3. The van der Waals surface area contributed by atoms with E-state index in [1.807, 2.05) is 49.0 Å². The van der Waals surface area contributed by atoms with Gasteiger partial charge in [-0.15, -0.1) is 0 Å². The summed E-state index contributed by atoms with van der Waals surface area (Å²) in [5.41, 5.74) is 1.15. The molecule has 0 saturated heterocycles. The van der Waals surface area contributed by atoms with Crippen molar-refractivity contribution in [2.75, 3.05) is 0 Å². The normalized spacial score (nSPS) is 10.8. The van der Waals surface area contributed by atoms with Crippen molar-refractivity contribution in [3.05, 3.63) is 43.9 Å². The number of hydrogen-bond acceptors (Lipinski definition) is 3. The van der Waals surface area contributed by atoms with Gasteiger partial charge in [0.1, 0.15) is 5.82 Å². The average molecular weight is 344 g/mol. The third kappa shape index (κ3) is 2.74. The molecule has 0 fully saturated rings. The molecule has 90 valence electrons. The second-order valence-corrected chi connectivity index (χ2v) is 5.04. The molecule has 17 heavy (non-hydrogen) atoms. The second-order valence-electron chi connectivity index (χ2n) is 3.88. The lowest BCUT2D eigenvalue weighted by Crippen LogP contribution is -2.26. The largest absolute Gasteiger partial charge is 0.296 e. The maximum absolute atomic E-state index is 11.9. The number of aryl methyl sites for hydroxylation is 3. The molecule has 6 heteroatoms. The fraction of sp³-hybridized carbons (Fsp3) is 0.364. The van der Waals surface area contributed by atoms with Crippen LogP contribution in [0.25, 0.3) is 0 Å². The molecule has 0 saturated carbocycles. The molecule has 0 amide bonds. The van der Waals surface area contributed by atoms with Crippen molar-refractivity contribution in [3.8, 4) is 0 Å². The summed E-state index contributed by atoms with van der Waals surface area (Å²) in [7, 11) is 1.88. The summed E-state index contributed by atoms with van der Waals surface area (Å²) >= 11 is 2.01. The molecule has 2 aromatic heterocycles. The highest BCUT2D eigenvalue weighted by atomic mass is 127. The summed E-state index contributed by atoms with van der Waals surface area (Å²) in [6.07, 6.45) is 6.18. The number of rotatable bonds is 3. The third-order valence-electron chi connectivity index (χ3n) is 2.59. The predicted molar refractivity (Wildman–Crippen MR) is 72.9 cm³/mol. The van der Waals surface area contributed by atoms with Crippen LogP contribution in [0.5, 0.6) is 0 Å². The van der Waals surface area contributed by atoms with E-state index in [9.17, 15) is 4.79 Å². The van der Waals surface area contributed by atoms with Gasteiger partial charge in [0.15, 0.2) is 0 Å². The van der Waals surface area contributed by atoms with Gasteiger partial charge >= 0.3 is 0 Å². The van der Waals surface area contributed by atoms with Gasteiger partial charge in [-0.2, -0.15) is 5.10 Å². The molecule has 0 aliphatic rings. The minimum Gasteiger partial charge on any atom is -0.296 e. The molecular weight excluding hydrogens is 331 g/mol. The molecule has 0 aliphatic carbocycles.